The molecule has 4 aromatic rings. The van der Waals surface area contributed by atoms with Crippen LogP contribution in [0, 0.1) is 23.0 Å². The molecule has 3 saturated heterocycles. The molecule has 10 nitrogen and oxygen atoms in total. The third-order valence-electron chi connectivity index (χ3n) is 10.5. The quantitative estimate of drug-likeness (QED) is 0.273. The molecular weight excluding hydrogens is 624 g/mol. The zero-order valence-electron chi connectivity index (χ0n) is 26.3. The van der Waals surface area contributed by atoms with Crippen molar-refractivity contribution >= 4 is 43.1 Å². The number of thiophene rings is 1. The molecule has 6 heterocycles. The van der Waals surface area contributed by atoms with Crippen LogP contribution in [0.4, 0.5) is 19.6 Å². The molecule has 0 spiro atoms. The predicted octanol–water partition coefficient (Wildman–Crippen LogP) is 4.78. The van der Waals surface area contributed by atoms with Crippen LogP contribution >= 0.6 is 11.3 Å². The fourth-order valence-electron chi connectivity index (χ4n) is 8.22. The molecule has 8 rings (SSSR count). The van der Waals surface area contributed by atoms with Crippen molar-refractivity contribution in [2.45, 2.75) is 63.4 Å². The van der Waals surface area contributed by atoms with Crippen molar-refractivity contribution in [3.8, 4) is 23.2 Å². The molecule has 2 aromatic heterocycles. The second kappa shape index (κ2) is 12.1. The molecule has 3 fully saturated rings. The Morgan fingerprint density at radius 2 is 1.89 bits per heavy atom. The maximum atomic E-state index is 17.4. The van der Waals surface area contributed by atoms with Crippen LogP contribution in [0.3, 0.4) is 0 Å². The van der Waals surface area contributed by atoms with Gasteiger partial charge in [0.25, 0.3) is 0 Å². The molecule has 0 saturated carbocycles. The number of nitrogen functional groups attached to an aromatic ring is 1. The van der Waals surface area contributed by atoms with Gasteiger partial charge in [-0.05, 0) is 69.0 Å². The van der Waals surface area contributed by atoms with E-state index in [0.29, 0.717) is 33.5 Å². The second-order valence-electron chi connectivity index (χ2n) is 13.2. The van der Waals surface area contributed by atoms with Gasteiger partial charge in [-0.1, -0.05) is 0 Å². The van der Waals surface area contributed by atoms with E-state index in [4.69, 9.17) is 25.2 Å². The molecular formula is C34H37F2N7O3S. The van der Waals surface area contributed by atoms with Crippen molar-refractivity contribution in [3.05, 3.63) is 40.5 Å². The number of rotatable bonds is 8. The molecule has 246 valence electrons. The molecule has 4 aliphatic heterocycles. The Kier molecular flexibility index (Phi) is 7.89. The number of likely N-dealkylation sites (N-methyl/N-ethyl adjacent to an activating group) is 1. The van der Waals surface area contributed by atoms with Gasteiger partial charge in [-0.3, -0.25) is 4.90 Å². The molecule has 0 amide bonds. The number of likely N-dealkylation sites (tertiary alicyclic amines) is 2. The Morgan fingerprint density at radius 3 is 2.62 bits per heavy atom. The minimum atomic E-state index is -0.690. The van der Waals surface area contributed by atoms with Crippen molar-refractivity contribution in [2.75, 3.05) is 57.1 Å². The lowest BCUT2D eigenvalue weighted by molar-refractivity contribution is 0.135. The van der Waals surface area contributed by atoms with Crippen molar-refractivity contribution in [1.29, 1.82) is 5.26 Å². The largest absolute Gasteiger partial charge is 0.462 e. The van der Waals surface area contributed by atoms with E-state index in [1.54, 1.807) is 6.07 Å². The minimum Gasteiger partial charge on any atom is -0.462 e. The zero-order chi connectivity index (χ0) is 32.4. The maximum absolute atomic E-state index is 17.4. The molecule has 47 heavy (non-hydrogen) atoms. The lowest BCUT2D eigenvalue weighted by atomic mass is 9.90. The standard InChI is InChI=1S/C34H37F2N7O3S/c1-41-9-2-4-20(41)15-46-34-39-31-28(33(40-34)43-18-5-6-19(43)14-42(13-18)10-3-11-44)23-17-45-16-22(23)27(30(31)36)29-24(35)7-8-25-26(29)21(12-37)32(38)47-25/h7-8,18-20,44H,2-6,9-11,13-17,38H2,1H3. The highest BCUT2D eigenvalue weighted by Crippen LogP contribution is 2.49. The van der Waals surface area contributed by atoms with E-state index in [-0.39, 0.29) is 71.2 Å². The lowest BCUT2D eigenvalue weighted by Crippen LogP contribution is -2.54. The Balaban J connectivity index is 1.34. The van der Waals surface area contributed by atoms with E-state index in [0.717, 1.165) is 63.8 Å². The van der Waals surface area contributed by atoms with Crippen LogP contribution in [0.15, 0.2) is 12.1 Å². The third kappa shape index (κ3) is 5.00. The maximum Gasteiger partial charge on any atom is 0.319 e. The van der Waals surface area contributed by atoms with Gasteiger partial charge in [-0.25, -0.2) is 8.78 Å². The second-order valence-corrected chi connectivity index (χ2v) is 14.2. The fourth-order valence-corrected chi connectivity index (χ4v) is 9.15. The van der Waals surface area contributed by atoms with Gasteiger partial charge < -0.3 is 30.1 Å². The van der Waals surface area contributed by atoms with Crippen LogP contribution in [-0.4, -0.2) is 89.4 Å². The number of ether oxygens (including phenoxy) is 2. The van der Waals surface area contributed by atoms with Gasteiger partial charge in [0.15, 0.2) is 5.82 Å². The number of fused-ring (bicyclic) bond motifs is 6. The van der Waals surface area contributed by atoms with Gasteiger partial charge in [0, 0.05) is 65.6 Å². The summed E-state index contributed by atoms with van der Waals surface area (Å²) in [5, 5.41) is 20.5. The number of aliphatic hydroxyl groups excluding tert-OH is 1. The Labute approximate surface area is 275 Å². The first kappa shape index (κ1) is 30.7. The number of nitrogens with two attached hydrogens (primary N) is 1. The van der Waals surface area contributed by atoms with Gasteiger partial charge in [0.1, 0.15) is 34.8 Å². The number of hydrogen-bond acceptors (Lipinski definition) is 11. The molecule has 0 aliphatic carbocycles. The summed E-state index contributed by atoms with van der Waals surface area (Å²) >= 11 is 1.18. The Hall–Kier alpha value is -3.67. The van der Waals surface area contributed by atoms with E-state index in [9.17, 15) is 10.4 Å². The van der Waals surface area contributed by atoms with Crippen molar-refractivity contribution in [3.63, 3.8) is 0 Å². The summed E-state index contributed by atoms with van der Waals surface area (Å²) in [6.07, 6.45) is 4.73. The fraction of sp³-hybridized carbons (Fsp3) is 0.500. The van der Waals surface area contributed by atoms with E-state index < -0.39 is 11.6 Å². The number of piperazine rings is 1. The highest BCUT2D eigenvalue weighted by molar-refractivity contribution is 7.23. The van der Waals surface area contributed by atoms with E-state index >= 15 is 8.78 Å². The number of hydrogen-bond donors (Lipinski definition) is 2. The van der Waals surface area contributed by atoms with Gasteiger partial charge in [-0.15, -0.1) is 11.3 Å². The summed E-state index contributed by atoms with van der Waals surface area (Å²) < 4.78 is 46.1. The van der Waals surface area contributed by atoms with E-state index in [1.165, 1.54) is 17.4 Å². The topological polar surface area (TPSA) is 124 Å². The number of aliphatic hydroxyl groups is 1. The average molecular weight is 662 g/mol. The SMILES string of the molecule is CN1CCCC1COc1nc(N2C3CCC2CN(CCCO)C3)c2c3c(c(-c4c(F)ccc5sc(N)c(C#N)c45)c(F)c2n1)COC3. The van der Waals surface area contributed by atoms with E-state index in [1.807, 2.05) is 0 Å². The van der Waals surface area contributed by atoms with Gasteiger partial charge in [0.2, 0.25) is 0 Å². The molecule has 3 atom stereocenters. The zero-order valence-corrected chi connectivity index (χ0v) is 27.1. The van der Waals surface area contributed by atoms with Crippen LogP contribution in [0.5, 0.6) is 6.01 Å². The summed E-state index contributed by atoms with van der Waals surface area (Å²) in [5.74, 6) is -0.710. The first-order valence-corrected chi connectivity index (χ1v) is 17.2. The van der Waals surface area contributed by atoms with Crippen LogP contribution < -0.4 is 15.4 Å². The van der Waals surface area contributed by atoms with Crippen LogP contribution in [0.25, 0.3) is 32.1 Å². The Morgan fingerprint density at radius 1 is 1.11 bits per heavy atom. The average Bonchev–Trinajstić information content (AvgIpc) is 3.84. The molecule has 3 N–H and O–H groups in total. The highest BCUT2D eigenvalue weighted by Gasteiger charge is 2.43. The number of halogens is 2. The Bertz CT molecular complexity index is 1920. The monoisotopic (exact) mass is 661 g/mol. The van der Waals surface area contributed by atoms with Gasteiger partial charge in [-0.2, -0.15) is 15.2 Å². The minimum absolute atomic E-state index is 0.000859. The van der Waals surface area contributed by atoms with Crippen LogP contribution in [0.2, 0.25) is 0 Å². The van der Waals surface area contributed by atoms with E-state index in [2.05, 4.69) is 27.8 Å². The first-order chi connectivity index (χ1) is 22.9. The highest BCUT2D eigenvalue weighted by atomic mass is 32.1. The van der Waals surface area contributed by atoms with Crippen molar-refractivity contribution in [1.82, 2.24) is 19.8 Å². The lowest BCUT2D eigenvalue weighted by Gasteiger charge is -2.42. The number of nitrogens with zero attached hydrogens (tertiary/aromatic N) is 6. The van der Waals surface area contributed by atoms with Crippen molar-refractivity contribution in [2.24, 2.45) is 0 Å². The molecule has 2 bridgehead atoms. The smallest absolute Gasteiger partial charge is 0.319 e. The first-order valence-electron chi connectivity index (χ1n) is 16.4. The third-order valence-corrected chi connectivity index (χ3v) is 11.4. The summed E-state index contributed by atoms with van der Waals surface area (Å²) in [6.45, 7) is 4.24. The number of anilines is 2. The normalized spacial score (nSPS) is 22.9. The van der Waals surface area contributed by atoms with Gasteiger partial charge >= 0.3 is 6.01 Å². The molecule has 2 aromatic carbocycles. The number of nitriles is 1. The molecule has 3 unspecified atom stereocenters. The summed E-state index contributed by atoms with van der Waals surface area (Å²) in [4.78, 5) is 16.7. The van der Waals surface area contributed by atoms with Crippen LogP contribution in [-0.2, 0) is 18.0 Å². The van der Waals surface area contributed by atoms with Crippen molar-refractivity contribution < 1.29 is 23.4 Å². The van der Waals surface area contributed by atoms with Gasteiger partial charge in [0.05, 0.1) is 24.2 Å². The molecule has 13 heteroatoms. The summed E-state index contributed by atoms with van der Waals surface area (Å²) in [6, 6.07) is 5.59. The number of aromatic nitrogens is 2. The summed E-state index contributed by atoms with van der Waals surface area (Å²) in [7, 11) is 2.07. The molecule has 4 aliphatic rings. The summed E-state index contributed by atoms with van der Waals surface area (Å²) in [5.41, 5.74) is 7.69. The molecule has 0 radical (unpaired) electrons. The number of benzene rings is 2. The van der Waals surface area contributed by atoms with Crippen LogP contribution in [0.1, 0.15) is 48.8 Å². The predicted molar refractivity (Wildman–Crippen MR) is 176 cm³/mol.